The van der Waals surface area contributed by atoms with E-state index in [1.165, 1.54) is 12.8 Å². The van der Waals surface area contributed by atoms with Crippen LogP contribution in [0.4, 0.5) is 0 Å². The van der Waals surface area contributed by atoms with Crippen molar-refractivity contribution in [2.45, 2.75) is 39.5 Å². The Morgan fingerprint density at radius 3 is 2.40 bits per heavy atom. The van der Waals surface area contributed by atoms with Gasteiger partial charge >= 0.3 is 0 Å². The maximum Gasteiger partial charge on any atom is 0.222 e. The third-order valence-corrected chi connectivity index (χ3v) is 3.06. The van der Waals surface area contributed by atoms with Crippen molar-refractivity contribution in [2.24, 2.45) is 17.6 Å². The van der Waals surface area contributed by atoms with Crippen molar-refractivity contribution in [2.75, 3.05) is 19.6 Å². The molecule has 1 saturated heterocycles. The highest BCUT2D eigenvalue weighted by Crippen LogP contribution is 2.17. The minimum Gasteiger partial charge on any atom is -0.343 e. The molecular weight excluding hydrogens is 188 g/mol. The van der Waals surface area contributed by atoms with E-state index < -0.39 is 0 Å². The van der Waals surface area contributed by atoms with Gasteiger partial charge in [0.05, 0.1) is 0 Å². The van der Waals surface area contributed by atoms with Crippen LogP contribution < -0.4 is 5.73 Å². The third kappa shape index (κ3) is 4.20. The average Bonchev–Trinajstić information content (AvgIpc) is 2.68. The SMILES string of the molecule is CC(C)C[C@H](CN)CC(=O)N1CCCC1. The molecule has 0 spiro atoms. The van der Waals surface area contributed by atoms with Gasteiger partial charge in [-0.1, -0.05) is 13.8 Å². The van der Waals surface area contributed by atoms with Crippen molar-refractivity contribution in [1.29, 1.82) is 0 Å². The van der Waals surface area contributed by atoms with E-state index in [2.05, 4.69) is 13.8 Å². The molecule has 1 aliphatic rings. The van der Waals surface area contributed by atoms with Crippen LogP contribution in [0.15, 0.2) is 0 Å². The zero-order chi connectivity index (χ0) is 11.3. The first kappa shape index (κ1) is 12.5. The summed E-state index contributed by atoms with van der Waals surface area (Å²) in [5.41, 5.74) is 5.70. The van der Waals surface area contributed by atoms with Crippen LogP contribution in [0.2, 0.25) is 0 Å². The van der Waals surface area contributed by atoms with Crippen molar-refractivity contribution in [1.82, 2.24) is 4.90 Å². The molecule has 0 bridgehead atoms. The molecule has 1 atom stereocenters. The van der Waals surface area contributed by atoms with Crippen LogP contribution in [-0.2, 0) is 4.79 Å². The lowest BCUT2D eigenvalue weighted by molar-refractivity contribution is -0.131. The molecular formula is C12H24N2O. The van der Waals surface area contributed by atoms with Gasteiger partial charge < -0.3 is 10.6 Å². The highest BCUT2D eigenvalue weighted by atomic mass is 16.2. The highest BCUT2D eigenvalue weighted by molar-refractivity contribution is 5.76. The predicted molar refractivity (Wildman–Crippen MR) is 62.4 cm³/mol. The standard InChI is InChI=1S/C12H24N2O/c1-10(2)7-11(9-13)8-12(15)14-5-3-4-6-14/h10-11H,3-9,13H2,1-2H3/t11-/m0/s1. The molecule has 0 unspecified atom stereocenters. The van der Waals surface area contributed by atoms with Crippen LogP contribution in [0, 0.1) is 11.8 Å². The first-order chi connectivity index (χ1) is 7.13. The van der Waals surface area contributed by atoms with E-state index in [0.29, 0.717) is 30.7 Å². The van der Waals surface area contributed by atoms with Crippen molar-refractivity contribution >= 4 is 5.91 Å². The van der Waals surface area contributed by atoms with Crippen molar-refractivity contribution in [3.8, 4) is 0 Å². The minimum atomic E-state index is 0.309. The lowest BCUT2D eigenvalue weighted by Crippen LogP contribution is -2.31. The summed E-state index contributed by atoms with van der Waals surface area (Å²) in [7, 11) is 0. The largest absolute Gasteiger partial charge is 0.343 e. The molecule has 3 heteroatoms. The second-order valence-corrected chi connectivity index (χ2v) is 5.02. The van der Waals surface area contributed by atoms with Crippen LogP contribution in [0.25, 0.3) is 0 Å². The van der Waals surface area contributed by atoms with Crippen molar-refractivity contribution < 1.29 is 4.79 Å². The number of amides is 1. The van der Waals surface area contributed by atoms with Gasteiger partial charge in [-0.25, -0.2) is 0 Å². The number of hydrogen-bond donors (Lipinski definition) is 1. The summed E-state index contributed by atoms with van der Waals surface area (Å²) in [6.45, 7) is 6.92. The Bertz CT molecular complexity index is 198. The van der Waals surface area contributed by atoms with E-state index in [1.807, 2.05) is 4.90 Å². The molecule has 15 heavy (non-hydrogen) atoms. The summed E-state index contributed by atoms with van der Waals surface area (Å²) in [5, 5.41) is 0. The Morgan fingerprint density at radius 1 is 1.33 bits per heavy atom. The smallest absolute Gasteiger partial charge is 0.222 e. The first-order valence-electron chi connectivity index (χ1n) is 6.11. The quantitative estimate of drug-likeness (QED) is 0.752. The van der Waals surface area contributed by atoms with E-state index >= 15 is 0 Å². The number of carbonyl (C=O) groups excluding carboxylic acids is 1. The van der Waals surface area contributed by atoms with Gasteiger partial charge in [0.1, 0.15) is 0 Å². The molecule has 0 aromatic rings. The van der Waals surface area contributed by atoms with Gasteiger partial charge in [-0.15, -0.1) is 0 Å². The van der Waals surface area contributed by atoms with Crippen LogP contribution >= 0.6 is 0 Å². The predicted octanol–water partition coefficient (Wildman–Crippen LogP) is 1.62. The maximum atomic E-state index is 11.9. The summed E-state index contributed by atoms with van der Waals surface area (Å²) < 4.78 is 0. The third-order valence-electron chi connectivity index (χ3n) is 3.06. The molecule has 2 N–H and O–H groups in total. The molecule has 0 radical (unpaired) electrons. The van der Waals surface area contributed by atoms with Gasteiger partial charge in [-0.05, 0) is 37.6 Å². The van der Waals surface area contributed by atoms with E-state index in [9.17, 15) is 4.79 Å². The number of nitrogens with zero attached hydrogens (tertiary/aromatic N) is 1. The van der Waals surface area contributed by atoms with E-state index in [0.717, 1.165) is 19.5 Å². The Labute approximate surface area is 93.0 Å². The monoisotopic (exact) mass is 212 g/mol. The van der Waals surface area contributed by atoms with E-state index in [1.54, 1.807) is 0 Å². The zero-order valence-corrected chi connectivity index (χ0v) is 10.0. The maximum absolute atomic E-state index is 11.9. The lowest BCUT2D eigenvalue weighted by Gasteiger charge is -2.21. The second kappa shape index (κ2) is 6.11. The Morgan fingerprint density at radius 2 is 1.93 bits per heavy atom. The average molecular weight is 212 g/mol. The molecule has 3 nitrogen and oxygen atoms in total. The lowest BCUT2D eigenvalue weighted by atomic mass is 9.94. The van der Waals surface area contributed by atoms with Gasteiger partial charge in [-0.3, -0.25) is 4.79 Å². The van der Waals surface area contributed by atoms with Gasteiger partial charge in [0.15, 0.2) is 0 Å². The molecule has 0 aliphatic carbocycles. The Hall–Kier alpha value is -0.570. The molecule has 1 fully saturated rings. The number of carbonyl (C=O) groups is 1. The first-order valence-corrected chi connectivity index (χ1v) is 6.11. The van der Waals surface area contributed by atoms with Gasteiger partial charge in [-0.2, -0.15) is 0 Å². The number of likely N-dealkylation sites (tertiary alicyclic amines) is 1. The molecule has 0 aromatic heterocycles. The normalized spacial score (nSPS) is 18.5. The molecule has 1 aliphatic heterocycles. The van der Waals surface area contributed by atoms with E-state index in [-0.39, 0.29) is 0 Å². The second-order valence-electron chi connectivity index (χ2n) is 5.02. The molecule has 1 heterocycles. The Kier molecular flexibility index (Phi) is 5.09. The minimum absolute atomic E-state index is 0.309. The molecule has 1 amide bonds. The zero-order valence-electron chi connectivity index (χ0n) is 10.0. The fourth-order valence-corrected chi connectivity index (χ4v) is 2.27. The van der Waals surface area contributed by atoms with Crippen molar-refractivity contribution in [3.63, 3.8) is 0 Å². The van der Waals surface area contributed by atoms with Gasteiger partial charge in [0.25, 0.3) is 0 Å². The van der Waals surface area contributed by atoms with Crippen molar-refractivity contribution in [3.05, 3.63) is 0 Å². The molecule has 0 aromatic carbocycles. The molecule has 1 rings (SSSR count). The van der Waals surface area contributed by atoms with Gasteiger partial charge in [0, 0.05) is 19.5 Å². The van der Waals surface area contributed by atoms with Crippen LogP contribution in [0.3, 0.4) is 0 Å². The van der Waals surface area contributed by atoms with Crippen LogP contribution in [0.5, 0.6) is 0 Å². The topological polar surface area (TPSA) is 46.3 Å². The molecule has 0 saturated carbocycles. The van der Waals surface area contributed by atoms with E-state index in [4.69, 9.17) is 5.73 Å². The number of nitrogens with two attached hydrogens (primary N) is 1. The summed E-state index contributed by atoms with van der Waals surface area (Å²) >= 11 is 0. The Balaban J connectivity index is 2.33. The highest BCUT2D eigenvalue weighted by Gasteiger charge is 2.21. The van der Waals surface area contributed by atoms with Crippen LogP contribution in [-0.4, -0.2) is 30.4 Å². The summed E-state index contributed by atoms with van der Waals surface area (Å²) in [5.74, 6) is 1.31. The summed E-state index contributed by atoms with van der Waals surface area (Å²) in [6.07, 6.45) is 4.05. The number of hydrogen-bond acceptors (Lipinski definition) is 2. The number of rotatable bonds is 5. The van der Waals surface area contributed by atoms with Gasteiger partial charge in [0.2, 0.25) is 5.91 Å². The molecule has 88 valence electrons. The fraction of sp³-hybridized carbons (Fsp3) is 0.917. The van der Waals surface area contributed by atoms with Crippen LogP contribution in [0.1, 0.15) is 39.5 Å². The summed E-state index contributed by atoms with van der Waals surface area (Å²) in [6, 6.07) is 0. The fourth-order valence-electron chi connectivity index (χ4n) is 2.27. The summed E-state index contributed by atoms with van der Waals surface area (Å²) in [4.78, 5) is 13.9.